The molecule has 3 nitrogen and oxygen atoms in total. The molecule has 0 atom stereocenters. The lowest BCUT2D eigenvalue weighted by molar-refractivity contribution is 0.0592. The number of hydrogen-bond acceptors (Lipinski definition) is 3. The van der Waals surface area contributed by atoms with Crippen LogP contribution in [0.25, 0.3) is 0 Å². The van der Waals surface area contributed by atoms with Crippen molar-refractivity contribution in [2.45, 2.75) is 12.3 Å². The van der Waals surface area contributed by atoms with E-state index in [1.165, 1.54) is 6.07 Å². The molecule has 0 aromatic carbocycles. The van der Waals surface area contributed by atoms with Crippen LogP contribution in [0.3, 0.4) is 0 Å². The maximum absolute atomic E-state index is 12.6. The largest absolute Gasteiger partial charge is 0.464 e. The van der Waals surface area contributed by atoms with Crippen LogP contribution in [0.5, 0.6) is 0 Å². The minimum Gasteiger partial charge on any atom is -0.464 e. The van der Waals surface area contributed by atoms with Crippen LogP contribution in [0.1, 0.15) is 28.2 Å². The molecule has 1 aromatic rings. The van der Waals surface area contributed by atoms with Gasteiger partial charge in [-0.15, -0.1) is 11.6 Å². The van der Waals surface area contributed by atoms with E-state index in [9.17, 15) is 13.6 Å². The van der Waals surface area contributed by atoms with E-state index in [1.807, 2.05) is 0 Å². The predicted molar refractivity (Wildman–Crippen MR) is 57.8 cm³/mol. The highest BCUT2D eigenvalue weighted by molar-refractivity contribution is 9.10. The summed E-state index contributed by atoms with van der Waals surface area (Å²) in [6.45, 7) is 0. The fraction of sp³-hybridized carbons (Fsp3) is 0.333. The first kappa shape index (κ1) is 13.3. The quantitative estimate of drug-likeness (QED) is 0.635. The molecule has 0 aliphatic carbocycles. The van der Waals surface area contributed by atoms with Crippen LogP contribution in [0.4, 0.5) is 8.78 Å². The van der Waals surface area contributed by atoms with Gasteiger partial charge in [-0.3, -0.25) is 0 Å². The molecule has 0 aliphatic rings. The summed E-state index contributed by atoms with van der Waals surface area (Å²) in [5.74, 6) is -0.784. The van der Waals surface area contributed by atoms with E-state index in [0.29, 0.717) is 5.56 Å². The smallest absolute Gasteiger partial charge is 0.356 e. The summed E-state index contributed by atoms with van der Waals surface area (Å²) < 4.78 is 29.7. The van der Waals surface area contributed by atoms with Gasteiger partial charge in [0.2, 0.25) is 0 Å². The Balaban J connectivity index is 3.34. The summed E-state index contributed by atoms with van der Waals surface area (Å²) in [5, 5.41) is 0. The third-order valence-electron chi connectivity index (χ3n) is 1.80. The number of ether oxygens (including phenoxy) is 1. The van der Waals surface area contributed by atoms with Gasteiger partial charge in [-0.25, -0.2) is 18.6 Å². The highest BCUT2D eigenvalue weighted by Crippen LogP contribution is 2.30. The van der Waals surface area contributed by atoms with Crippen LogP contribution < -0.4 is 0 Å². The number of esters is 1. The Labute approximate surface area is 104 Å². The molecule has 0 amide bonds. The topological polar surface area (TPSA) is 39.2 Å². The van der Waals surface area contributed by atoms with Crippen molar-refractivity contribution in [2.75, 3.05) is 7.11 Å². The minimum atomic E-state index is -2.79. The number of carbonyl (C=O) groups is 1. The number of alkyl halides is 3. The third kappa shape index (κ3) is 2.68. The number of halogens is 4. The maximum atomic E-state index is 12.6. The molecule has 0 fully saturated rings. The monoisotopic (exact) mass is 313 g/mol. The van der Waals surface area contributed by atoms with Crippen molar-refractivity contribution in [1.29, 1.82) is 0 Å². The second-order valence-electron chi connectivity index (χ2n) is 2.79. The molecule has 88 valence electrons. The first-order valence-corrected chi connectivity index (χ1v) is 5.45. The lowest BCUT2D eigenvalue weighted by atomic mass is 10.2. The highest BCUT2D eigenvalue weighted by atomic mass is 79.9. The van der Waals surface area contributed by atoms with Crippen molar-refractivity contribution in [3.63, 3.8) is 0 Å². The van der Waals surface area contributed by atoms with Gasteiger partial charge in [-0.2, -0.15) is 0 Å². The Morgan fingerprint density at radius 2 is 2.31 bits per heavy atom. The number of pyridine rings is 1. The Bertz CT molecular complexity index is 415. The Morgan fingerprint density at radius 3 is 2.75 bits per heavy atom. The van der Waals surface area contributed by atoms with Gasteiger partial charge in [0, 0.05) is 10.4 Å². The molecule has 0 bridgehead atoms. The lowest BCUT2D eigenvalue weighted by Gasteiger charge is -2.09. The van der Waals surface area contributed by atoms with Gasteiger partial charge in [0.25, 0.3) is 6.43 Å². The van der Waals surface area contributed by atoms with Gasteiger partial charge in [-0.05, 0) is 27.6 Å². The fourth-order valence-corrected chi connectivity index (χ4v) is 1.94. The van der Waals surface area contributed by atoms with Crippen molar-refractivity contribution in [3.8, 4) is 0 Å². The zero-order chi connectivity index (χ0) is 12.3. The molecule has 1 heterocycles. The molecule has 0 aliphatic heterocycles. The number of rotatable bonds is 3. The van der Waals surface area contributed by atoms with Crippen LogP contribution >= 0.6 is 27.5 Å². The SMILES string of the molecule is COC(=O)c1cc(CCl)c(Br)c(C(F)F)n1. The zero-order valence-electron chi connectivity index (χ0n) is 8.14. The molecular formula is C9H7BrClF2NO2. The third-order valence-corrected chi connectivity index (χ3v) is 3.01. The number of methoxy groups -OCH3 is 1. The summed E-state index contributed by atoms with van der Waals surface area (Å²) in [7, 11) is 1.15. The normalized spacial score (nSPS) is 10.6. The van der Waals surface area contributed by atoms with E-state index in [1.54, 1.807) is 0 Å². The minimum absolute atomic E-state index is 0.00713. The molecule has 16 heavy (non-hydrogen) atoms. The molecule has 0 N–H and O–H groups in total. The van der Waals surface area contributed by atoms with Gasteiger partial charge in [0.15, 0.2) is 0 Å². The number of aromatic nitrogens is 1. The van der Waals surface area contributed by atoms with Gasteiger partial charge < -0.3 is 4.74 Å². The molecule has 0 radical (unpaired) electrons. The van der Waals surface area contributed by atoms with Crippen molar-refractivity contribution >= 4 is 33.5 Å². The summed E-state index contributed by atoms with van der Waals surface area (Å²) in [6.07, 6.45) is -2.79. The van der Waals surface area contributed by atoms with E-state index in [0.717, 1.165) is 7.11 Å². The molecule has 0 unspecified atom stereocenters. The second kappa shape index (κ2) is 5.54. The van der Waals surface area contributed by atoms with E-state index in [2.05, 4.69) is 25.7 Å². The molecule has 1 aromatic heterocycles. The number of carbonyl (C=O) groups excluding carboxylic acids is 1. The molecule has 0 spiro atoms. The van der Waals surface area contributed by atoms with Crippen molar-refractivity contribution in [3.05, 3.63) is 27.5 Å². The summed E-state index contributed by atoms with van der Waals surface area (Å²) in [6, 6.07) is 1.31. The summed E-state index contributed by atoms with van der Waals surface area (Å²) in [4.78, 5) is 14.7. The van der Waals surface area contributed by atoms with Crippen LogP contribution in [-0.4, -0.2) is 18.1 Å². The van der Waals surface area contributed by atoms with Crippen LogP contribution in [-0.2, 0) is 10.6 Å². The Kier molecular flexibility index (Phi) is 4.61. The first-order chi connectivity index (χ1) is 7.51. The maximum Gasteiger partial charge on any atom is 0.356 e. The standard InChI is InChI=1S/C9H7BrClF2NO2/c1-16-9(15)5-2-4(3-11)6(10)7(14-5)8(12)13/h2,8H,3H2,1H3. The van der Waals surface area contributed by atoms with E-state index in [4.69, 9.17) is 11.6 Å². The van der Waals surface area contributed by atoms with E-state index < -0.39 is 18.1 Å². The predicted octanol–water partition coefficient (Wildman–Crippen LogP) is 3.31. The molecule has 0 saturated heterocycles. The van der Waals surface area contributed by atoms with Crippen molar-refractivity contribution in [2.24, 2.45) is 0 Å². The molecular weight excluding hydrogens is 307 g/mol. The van der Waals surface area contributed by atoms with E-state index in [-0.39, 0.29) is 16.0 Å². The second-order valence-corrected chi connectivity index (χ2v) is 3.85. The van der Waals surface area contributed by atoms with Crippen LogP contribution in [0.2, 0.25) is 0 Å². The number of nitrogens with zero attached hydrogens (tertiary/aromatic N) is 1. The Morgan fingerprint density at radius 1 is 1.69 bits per heavy atom. The molecule has 0 saturated carbocycles. The van der Waals surface area contributed by atoms with Gasteiger partial charge in [0.1, 0.15) is 11.4 Å². The average Bonchev–Trinajstić information content (AvgIpc) is 2.27. The van der Waals surface area contributed by atoms with Crippen molar-refractivity contribution < 1.29 is 18.3 Å². The summed E-state index contributed by atoms with van der Waals surface area (Å²) >= 11 is 8.54. The molecule has 7 heteroatoms. The Hall–Kier alpha value is -0.750. The van der Waals surface area contributed by atoms with Gasteiger partial charge in [0.05, 0.1) is 7.11 Å². The van der Waals surface area contributed by atoms with Crippen LogP contribution in [0.15, 0.2) is 10.5 Å². The summed E-state index contributed by atoms with van der Waals surface area (Å²) in [5.41, 5.74) is -0.331. The first-order valence-electron chi connectivity index (χ1n) is 4.13. The van der Waals surface area contributed by atoms with Gasteiger partial charge >= 0.3 is 5.97 Å². The van der Waals surface area contributed by atoms with Crippen LogP contribution in [0, 0.1) is 0 Å². The van der Waals surface area contributed by atoms with E-state index >= 15 is 0 Å². The van der Waals surface area contributed by atoms with Gasteiger partial charge in [-0.1, -0.05) is 0 Å². The lowest BCUT2D eigenvalue weighted by Crippen LogP contribution is -2.08. The fourth-order valence-electron chi connectivity index (χ4n) is 1.05. The number of hydrogen-bond donors (Lipinski definition) is 0. The zero-order valence-corrected chi connectivity index (χ0v) is 10.5. The van der Waals surface area contributed by atoms with Crippen molar-refractivity contribution in [1.82, 2.24) is 4.98 Å². The molecule has 1 rings (SSSR count). The highest BCUT2D eigenvalue weighted by Gasteiger charge is 2.20. The average molecular weight is 315 g/mol.